The second-order valence-electron chi connectivity index (χ2n) is 9.05. The smallest absolute Gasteiger partial charge is 0.242 e. The Hall–Kier alpha value is -1.87. The van der Waals surface area contributed by atoms with Crippen LogP contribution in [0.15, 0.2) is 17.2 Å². The Morgan fingerprint density at radius 1 is 1.07 bits per heavy atom. The molecule has 0 aromatic carbocycles. The fourth-order valence-electron chi connectivity index (χ4n) is 4.92. The molecule has 1 aromatic rings. The quantitative estimate of drug-likeness (QED) is 0.776. The number of likely N-dealkylation sites (N-methyl/N-ethyl adjacent to an activating group) is 2. The fourth-order valence-corrected chi connectivity index (χ4v) is 6.19. The highest BCUT2D eigenvalue weighted by Gasteiger charge is 2.34. The topological polar surface area (TPSA) is 85.8 Å². The van der Waals surface area contributed by atoms with Gasteiger partial charge in [-0.15, -0.1) is 0 Å². The van der Waals surface area contributed by atoms with E-state index >= 15 is 0 Å². The molecule has 1 saturated carbocycles. The molecule has 2 aliphatic heterocycles. The van der Waals surface area contributed by atoms with Gasteiger partial charge in [-0.2, -0.15) is 0 Å². The second kappa shape index (κ2) is 8.34. The van der Waals surface area contributed by atoms with Crippen LogP contribution >= 0.6 is 0 Å². The minimum Gasteiger partial charge on any atom is -0.370 e. The summed E-state index contributed by atoms with van der Waals surface area (Å²) in [5.74, 6) is 1.09. The minimum atomic E-state index is -3.65. The summed E-state index contributed by atoms with van der Waals surface area (Å²) in [6, 6.07) is 1.92. The maximum atomic E-state index is 13.0. The molecule has 0 bridgehead atoms. The minimum absolute atomic E-state index is 0.0286. The van der Waals surface area contributed by atoms with E-state index in [1.54, 1.807) is 6.07 Å². The van der Waals surface area contributed by atoms with E-state index in [-0.39, 0.29) is 22.8 Å². The number of likely N-dealkylation sites (tertiary alicyclic amines) is 1. The monoisotopic (exact) mass is 435 g/mol. The largest absolute Gasteiger partial charge is 0.370 e. The van der Waals surface area contributed by atoms with E-state index in [2.05, 4.69) is 16.6 Å². The molecular formula is C21H33N5O3S. The summed E-state index contributed by atoms with van der Waals surface area (Å²) in [7, 11) is 0.272. The number of fused-ring (bicyclic) bond motifs is 1. The van der Waals surface area contributed by atoms with Crippen LogP contribution in [0.2, 0.25) is 0 Å². The van der Waals surface area contributed by atoms with Crippen molar-refractivity contribution in [2.24, 2.45) is 5.92 Å². The first-order valence-corrected chi connectivity index (χ1v) is 12.5. The zero-order valence-electron chi connectivity index (χ0n) is 18.2. The number of carbonyl (C=O) groups excluding carboxylic acids is 1. The highest BCUT2D eigenvalue weighted by Crippen LogP contribution is 2.32. The highest BCUT2D eigenvalue weighted by molar-refractivity contribution is 7.89. The van der Waals surface area contributed by atoms with Crippen LogP contribution in [0.5, 0.6) is 0 Å². The molecule has 0 unspecified atom stereocenters. The summed E-state index contributed by atoms with van der Waals surface area (Å²) in [4.78, 5) is 23.5. The third-order valence-electron chi connectivity index (χ3n) is 6.91. The van der Waals surface area contributed by atoms with Crippen molar-refractivity contribution in [3.8, 4) is 0 Å². The van der Waals surface area contributed by atoms with Crippen molar-refractivity contribution in [3.63, 3.8) is 0 Å². The molecule has 30 heavy (non-hydrogen) atoms. The van der Waals surface area contributed by atoms with Gasteiger partial charge in [-0.05, 0) is 51.5 Å². The van der Waals surface area contributed by atoms with E-state index in [9.17, 15) is 13.2 Å². The molecule has 0 spiro atoms. The molecule has 2 fully saturated rings. The lowest BCUT2D eigenvalue weighted by molar-refractivity contribution is -0.137. The predicted molar refractivity (Wildman–Crippen MR) is 117 cm³/mol. The van der Waals surface area contributed by atoms with Crippen molar-refractivity contribution in [1.82, 2.24) is 14.6 Å². The fraction of sp³-hybridized carbons (Fsp3) is 0.714. The Bertz CT molecular complexity index is 898. The lowest BCUT2D eigenvalue weighted by atomic mass is 9.85. The average Bonchev–Trinajstić information content (AvgIpc) is 3.16. The van der Waals surface area contributed by atoms with Crippen LogP contribution < -0.4 is 14.5 Å². The van der Waals surface area contributed by atoms with E-state index in [1.165, 1.54) is 6.20 Å². The van der Waals surface area contributed by atoms with Crippen LogP contribution in [-0.4, -0.2) is 70.0 Å². The first kappa shape index (κ1) is 21.4. The molecule has 1 atom stereocenters. The summed E-state index contributed by atoms with van der Waals surface area (Å²) in [5.41, 5.74) is 0.834. The standard InChI is InChI=1S/C21H33N5O3S/c1-15-5-4-10-26(15)21(27)16-6-8-17(9-7-16)23-30(28,29)18-13-19-20(22-14-18)25(3)12-11-24(19)2/h13-17,23H,4-12H2,1-3H3/t15-,16?,17?/m1/s1. The molecule has 1 saturated heterocycles. The van der Waals surface area contributed by atoms with Gasteiger partial charge in [0.25, 0.3) is 0 Å². The van der Waals surface area contributed by atoms with Crippen molar-refractivity contribution in [3.05, 3.63) is 12.3 Å². The van der Waals surface area contributed by atoms with Gasteiger partial charge < -0.3 is 14.7 Å². The average molecular weight is 436 g/mol. The maximum Gasteiger partial charge on any atom is 0.242 e. The zero-order valence-corrected chi connectivity index (χ0v) is 19.0. The van der Waals surface area contributed by atoms with Crippen LogP contribution in [0.1, 0.15) is 45.4 Å². The van der Waals surface area contributed by atoms with E-state index < -0.39 is 10.0 Å². The Kier molecular flexibility index (Phi) is 5.94. The molecule has 4 rings (SSSR count). The van der Waals surface area contributed by atoms with E-state index in [4.69, 9.17) is 0 Å². The predicted octanol–water partition coefficient (Wildman–Crippen LogP) is 1.82. The van der Waals surface area contributed by atoms with Crippen molar-refractivity contribution in [2.75, 3.05) is 43.5 Å². The molecule has 1 aliphatic carbocycles. The second-order valence-corrected chi connectivity index (χ2v) is 10.8. The summed E-state index contributed by atoms with van der Waals surface area (Å²) < 4.78 is 28.8. The number of rotatable bonds is 4. The Morgan fingerprint density at radius 3 is 2.43 bits per heavy atom. The third kappa shape index (κ3) is 4.14. The highest BCUT2D eigenvalue weighted by atomic mass is 32.2. The number of anilines is 2. The summed E-state index contributed by atoms with van der Waals surface area (Å²) in [6.07, 6.45) is 6.48. The number of hydrogen-bond acceptors (Lipinski definition) is 6. The molecular weight excluding hydrogens is 402 g/mol. The number of carbonyl (C=O) groups is 1. The Labute approximate surface area is 179 Å². The van der Waals surface area contributed by atoms with Crippen molar-refractivity contribution >= 4 is 27.4 Å². The maximum absolute atomic E-state index is 13.0. The normalized spacial score (nSPS) is 27.3. The van der Waals surface area contributed by atoms with Crippen LogP contribution in [0.4, 0.5) is 11.5 Å². The molecule has 3 heterocycles. The molecule has 0 radical (unpaired) electrons. The van der Waals surface area contributed by atoms with Crippen molar-refractivity contribution < 1.29 is 13.2 Å². The SMILES string of the molecule is C[C@@H]1CCCN1C(=O)C1CCC(NS(=O)(=O)c2cnc3c(c2)N(C)CCN3C)CC1. The van der Waals surface area contributed by atoms with Gasteiger partial charge in [0.15, 0.2) is 5.82 Å². The zero-order chi connectivity index (χ0) is 21.5. The number of nitrogens with zero attached hydrogens (tertiary/aromatic N) is 4. The first-order valence-electron chi connectivity index (χ1n) is 11.0. The van der Waals surface area contributed by atoms with Gasteiger partial charge >= 0.3 is 0 Å². The molecule has 166 valence electrons. The van der Waals surface area contributed by atoms with Gasteiger partial charge in [0.2, 0.25) is 15.9 Å². The van der Waals surface area contributed by atoms with Gasteiger partial charge in [-0.1, -0.05) is 0 Å². The van der Waals surface area contributed by atoms with Gasteiger partial charge in [0.05, 0.1) is 5.69 Å². The summed E-state index contributed by atoms with van der Waals surface area (Å²) >= 11 is 0. The van der Waals surface area contributed by atoms with Crippen molar-refractivity contribution in [2.45, 2.75) is 62.4 Å². The molecule has 1 amide bonds. The van der Waals surface area contributed by atoms with Crippen LogP contribution in [0, 0.1) is 5.92 Å². The molecule has 1 N–H and O–H groups in total. The number of pyridine rings is 1. The summed E-state index contributed by atoms with van der Waals surface area (Å²) in [5, 5.41) is 0. The van der Waals surface area contributed by atoms with Gasteiger partial charge in [0.1, 0.15) is 4.90 Å². The van der Waals surface area contributed by atoms with Gasteiger partial charge in [-0.3, -0.25) is 4.79 Å². The van der Waals surface area contributed by atoms with Gasteiger partial charge in [0, 0.05) is 57.9 Å². The number of hydrogen-bond donors (Lipinski definition) is 1. The van der Waals surface area contributed by atoms with Crippen LogP contribution in [0.3, 0.4) is 0 Å². The van der Waals surface area contributed by atoms with E-state index in [1.807, 2.05) is 28.8 Å². The summed E-state index contributed by atoms with van der Waals surface area (Å²) in [6.45, 7) is 4.67. The number of sulfonamides is 1. The Morgan fingerprint density at radius 2 is 1.77 bits per heavy atom. The van der Waals surface area contributed by atoms with Crippen LogP contribution in [0.25, 0.3) is 0 Å². The number of aromatic nitrogens is 1. The molecule has 8 nitrogen and oxygen atoms in total. The lowest BCUT2D eigenvalue weighted by Crippen LogP contribution is -2.43. The van der Waals surface area contributed by atoms with E-state index in [0.29, 0.717) is 18.9 Å². The van der Waals surface area contributed by atoms with E-state index in [0.717, 1.165) is 56.8 Å². The lowest BCUT2D eigenvalue weighted by Gasteiger charge is -2.34. The number of amides is 1. The molecule has 3 aliphatic rings. The molecule has 9 heteroatoms. The first-order chi connectivity index (χ1) is 14.3. The van der Waals surface area contributed by atoms with Crippen molar-refractivity contribution in [1.29, 1.82) is 0 Å². The Balaban J connectivity index is 1.39. The van der Waals surface area contributed by atoms with Crippen LogP contribution in [-0.2, 0) is 14.8 Å². The number of nitrogens with one attached hydrogen (secondary N) is 1. The third-order valence-corrected chi connectivity index (χ3v) is 8.40. The van der Waals surface area contributed by atoms with Gasteiger partial charge in [-0.25, -0.2) is 18.1 Å². The molecule has 1 aromatic heterocycles.